The molecule has 20 heavy (non-hydrogen) atoms. The topological polar surface area (TPSA) is 70.0 Å². The van der Waals surface area contributed by atoms with Crippen LogP contribution in [0.25, 0.3) is 0 Å². The average molecular weight is 294 g/mol. The van der Waals surface area contributed by atoms with Crippen molar-refractivity contribution in [2.45, 2.75) is 39.2 Å². The van der Waals surface area contributed by atoms with Gasteiger partial charge in [-0.05, 0) is 38.5 Å². The molecule has 1 atom stereocenters. The van der Waals surface area contributed by atoms with Gasteiger partial charge in [0.1, 0.15) is 0 Å². The molecule has 5 heteroatoms. The molecule has 1 aromatic carbocycles. The lowest BCUT2D eigenvalue weighted by atomic mass is 9.86. The Morgan fingerprint density at radius 3 is 2.30 bits per heavy atom. The third-order valence-electron chi connectivity index (χ3n) is 3.24. The molecular formula is C15H22N2O2S. The summed E-state index contributed by atoms with van der Waals surface area (Å²) in [6.45, 7) is 7.24. The highest BCUT2D eigenvalue weighted by Gasteiger charge is 2.19. The fourth-order valence-electron chi connectivity index (χ4n) is 1.87. The predicted octanol–water partition coefficient (Wildman–Crippen LogP) is 2.72. The van der Waals surface area contributed by atoms with Crippen molar-refractivity contribution in [2.24, 2.45) is 0 Å². The van der Waals surface area contributed by atoms with Crippen molar-refractivity contribution in [1.82, 2.24) is 0 Å². The molecule has 1 unspecified atom stereocenters. The van der Waals surface area contributed by atoms with E-state index in [9.17, 15) is 8.42 Å². The van der Waals surface area contributed by atoms with Crippen LogP contribution in [0.1, 0.15) is 33.3 Å². The number of sulfone groups is 1. The van der Waals surface area contributed by atoms with E-state index in [2.05, 4.69) is 11.4 Å². The largest absolute Gasteiger partial charge is 0.382 e. The Labute approximate surface area is 121 Å². The number of benzene rings is 1. The van der Waals surface area contributed by atoms with Crippen molar-refractivity contribution in [3.05, 3.63) is 29.8 Å². The maximum atomic E-state index is 11.5. The number of nitrogens with one attached hydrogen (secondary N) is 1. The molecular weight excluding hydrogens is 272 g/mol. The zero-order valence-electron chi connectivity index (χ0n) is 12.5. The number of rotatable bonds is 6. The minimum atomic E-state index is -2.98. The quantitative estimate of drug-likeness (QED) is 0.875. The number of anilines is 1. The van der Waals surface area contributed by atoms with Gasteiger partial charge in [-0.25, -0.2) is 8.42 Å². The molecule has 0 aromatic heterocycles. The summed E-state index contributed by atoms with van der Waals surface area (Å²) >= 11 is 0. The monoisotopic (exact) mass is 294 g/mol. The molecule has 0 bridgehead atoms. The Bertz CT molecular complexity index is 583. The van der Waals surface area contributed by atoms with Crippen LogP contribution in [0.3, 0.4) is 0 Å². The van der Waals surface area contributed by atoms with Gasteiger partial charge in [-0.2, -0.15) is 5.26 Å². The summed E-state index contributed by atoms with van der Waals surface area (Å²) in [5.74, 6) is 0.281. The highest BCUT2D eigenvalue weighted by Crippen LogP contribution is 2.23. The van der Waals surface area contributed by atoms with E-state index < -0.39 is 15.3 Å². The predicted molar refractivity (Wildman–Crippen MR) is 82.5 cm³/mol. The van der Waals surface area contributed by atoms with Crippen LogP contribution in [0.5, 0.6) is 0 Å². The van der Waals surface area contributed by atoms with Gasteiger partial charge in [-0.15, -0.1) is 0 Å². The maximum Gasteiger partial charge on any atom is 0.152 e. The molecule has 0 aliphatic heterocycles. The SMILES string of the molecule is CCS(=O)(=O)CC(C)Nc1ccc(C(C)(C)C#N)cc1. The molecule has 110 valence electrons. The zero-order valence-corrected chi connectivity index (χ0v) is 13.3. The van der Waals surface area contributed by atoms with Crippen molar-refractivity contribution >= 4 is 15.5 Å². The smallest absolute Gasteiger partial charge is 0.152 e. The fraction of sp³-hybridized carbons (Fsp3) is 0.533. The first kappa shape index (κ1) is 16.5. The van der Waals surface area contributed by atoms with Gasteiger partial charge in [0, 0.05) is 17.5 Å². The van der Waals surface area contributed by atoms with Crippen molar-refractivity contribution in [2.75, 3.05) is 16.8 Å². The summed E-state index contributed by atoms with van der Waals surface area (Å²) in [5, 5.41) is 12.3. The second kappa shape index (κ2) is 6.27. The minimum Gasteiger partial charge on any atom is -0.382 e. The summed E-state index contributed by atoms with van der Waals surface area (Å²) in [7, 11) is -2.98. The van der Waals surface area contributed by atoms with Crippen LogP contribution in [-0.2, 0) is 15.3 Å². The lowest BCUT2D eigenvalue weighted by Crippen LogP contribution is -2.26. The third-order valence-corrected chi connectivity index (χ3v) is 5.13. The van der Waals surface area contributed by atoms with E-state index in [0.29, 0.717) is 0 Å². The van der Waals surface area contributed by atoms with E-state index in [1.807, 2.05) is 45.0 Å². The maximum absolute atomic E-state index is 11.5. The number of nitriles is 1. The Hall–Kier alpha value is -1.54. The van der Waals surface area contributed by atoms with E-state index in [4.69, 9.17) is 5.26 Å². The second-order valence-electron chi connectivity index (χ2n) is 5.56. The lowest BCUT2D eigenvalue weighted by Gasteiger charge is -2.18. The molecule has 0 saturated carbocycles. The van der Waals surface area contributed by atoms with E-state index in [1.54, 1.807) is 6.92 Å². The number of hydrogen-bond donors (Lipinski definition) is 1. The molecule has 0 saturated heterocycles. The van der Waals surface area contributed by atoms with Gasteiger partial charge in [0.15, 0.2) is 9.84 Å². The van der Waals surface area contributed by atoms with Crippen LogP contribution >= 0.6 is 0 Å². The normalized spacial score (nSPS) is 13.6. The number of hydrogen-bond acceptors (Lipinski definition) is 4. The highest BCUT2D eigenvalue weighted by atomic mass is 32.2. The summed E-state index contributed by atoms with van der Waals surface area (Å²) in [6, 6.07) is 9.66. The molecule has 0 heterocycles. The molecule has 1 aromatic rings. The van der Waals surface area contributed by atoms with E-state index >= 15 is 0 Å². The van der Waals surface area contributed by atoms with Crippen molar-refractivity contribution in [3.63, 3.8) is 0 Å². The lowest BCUT2D eigenvalue weighted by molar-refractivity contribution is 0.593. The molecule has 0 fully saturated rings. The van der Waals surface area contributed by atoms with Gasteiger partial charge >= 0.3 is 0 Å². The van der Waals surface area contributed by atoms with E-state index in [0.717, 1.165) is 11.3 Å². The minimum absolute atomic E-state index is 0.120. The van der Waals surface area contributed by atoms with Crippen molar-refractivity contribution in [3.8, 4) is 6.07 Å². The Morgan fingerprint density at radius 2 is 1.85 bits per heavy atom. The van der Waals surface area contributed by atoms with Gasteiger partial charge in [0.2, 0.25) is 0 Å². The van der Waals surface area contributed by atoms with Crippen LogP contribution in [0.2, 0.25) is 0 Å². The molecule has 1 N–H and O–H groups in total. The Balaban J connectivity index is 2.74. The summed E-state index contributed by atoms with van der Waals surface area (Å²) in [6.07, 6.45) is 0. The van der Waals surface area contributed by atoms with Gasteiger partial charge < -0.3 is 5.32 Å². The molecule has 0 amide bonds. The van der Waals surface area contributed by atoms with Crippen LogP contribution < -0.4 is 5.32 Å². The summed E-state index contributed by atoms with van der Waals surface area (Å²) < 4.78 is 23.1. The second-order valence-corrected chi connectivity index (χ2v) is 7.96. The average Bonchev–Trinajstić information content (AvgIpc) is 2.38. The van der Waals surface area contributed by atoms with Crippen LogP contribution in [0.4, 0.5) is 5.69 Å². The summed E-state index contributed by atoms with van der Waals surface area (Å²) in [5.41, 5.74) is 1.29. The van der Waals surface area contributed by atoms with Gasteiger partial charge in [0.25, 0.3) is 0 Å². The molecule has 0 aliphatic carbocycles. The van der Waals surface area contributed by atoms with Crippen molar-refractivity contribution < 1.29 is 8.42 Å². The van der Waals surface area contributed by atoms with Crippen LogP contribution in [0.15, 0.2) is 24.3 Å². The molecule has 0 spiro atoms. The van der Waals surface area contributed by atoms with Crippen LogP contribution in [0, 0.1) is 11.3 Å². The van der Waals surface area contributed by atoms with Gasteiger partial charge in [0.05, 0.1) is 17.2 Å². The Kier molecular flexibility index (Phi) is 5.18. The standard InChI is InChI=1S/C15H22N2O2S/c1-5-20(18,19)10-12(2)17-14-8-6-13(7-9-14)15(3,4)11-16/h6-9,12,17H,5,10H2,1-4H3. The van der Waals surface area contributed by atoms with E-state index in [-0.39, 0.29) is 17.5 Å². The van der Waals surface area contributed by atoms with E-state index in [1.165, 1.54) is 0 Å². The molecule has 4 nitrogen and oxygen atoms in total. The first-order valence-electron chi connectivity index (χ1n) is 6.69. The molecule has 0 aliphatic rings. The first-order valence-corrected chi connectivity index (χ1v) is 8.51. The van der Waals surface area contributed by atoms with Gasteiger partial charge in [-0.1, -0.05) is 19.1 Å². The summed E-state index contributed by atoms with van der Waals surface area (Å²) in [4.78, 5) is 0. The molecule has 0 radical (unpaired) electrons. The molecule has 1 rings (SSSR count). The Morgan fingerprint density at radius 1 is 1.30 bits per heavy atom. The highest BCUT2D eigenvalue weighted by molar-refractivity contribution is 7.91. The number of nitrogens with zero attached hydrogens (tertiary/aromatic N) is 1. The zero-order chi connectivity index (χ0) is 15.4. The first-order chi connectivity index (χ1) is 9.20. The third kappa shape index (κ3) is 4.53. The van der Waals surface area contributed by atoms with Gasteiger partial charge in [-0.3, -0.25) is 0 Å². The van der Waals surface area contributed by atoms with Crippen LogP contribution in [-0.4, -0.2) is 26.0 Å². The fourth-order valence-corrected chi connectivity index (χ4v) is 2.95. The van der Waals surface area contributed by atoms with Crippen molar-refractivity contribution in [1.29, 1.82) is 5.26 Å².